The molecular formula is C14H8ClFN2OS. The van der Waals surface area contributed by atoms with Gasteiger partial charge in [0, 0.05) is 11.1 Å². The van der Waals surface area contributed by atoms with E-state index in [0.717, 1.165) is 20.8 Å². The van der Waals surface area contributed by atoms with E-state index >= 15 is 0 Å². The largest absolute Gasteiger partial charge is 0.411 e. The molecule has 0 aliphatic heterocycles. The minimum atomic E-state index is -0.278. The van der Waals surface area contributed by atoms with Crippen molar-refractivity contribution < 1.29 is 9.60 Å². The van der Waals surface area contributed by atoms with Gasteiger partial charge in [-0.05, 0) is 24.3 Å². The summed E-state index contributed by atoms with van der Waals surface area (Å²) in [5.41, 5.74) is 2.21. The van der Waals surface area contributed by atoms with Gasteiger partial charge in [0.2, 0.25) is 0 Å². The zero-order valence-electron chi connectivity index (χ0n) is 10.0. The van der Waals surface area contributed by atoms with Crippen molar-refractivity contribution in [2.75, 3.05) is 0 Å². The minimum Gasteiger partial charge on any atom is -0.411 e. The average molecular weight is 307 g/mol. The van der Waals surface area contributed by atoms with E-state index in [2.05, 4.69) is 10.1 Å². The Bertz CT molecular complexity index is 816. The lowest BCUT2D eigenvalue weighted by Gasteiger charge is -2.00. The molecule has 0 saturated carbocycles. The van der Waals surface area contributed by atoms with E-state index < -0.39 is 0 Å². The van der Waals surface area contributed by atoms with Crippen LogP contribution in [0.1, 0.15) is 5.56 Å². The Hall–Kier alpha value is -1.98. The highest BCUT2D eigenvalue weighted by Gasteiger charge is 2.09. The first-order chi connectivity index (χ1) is 9.67. The molecule has 0 aliphatic carbocycles. The van der Waals surface area contributed by atoms with Crippen LogP contribution in [0.5, 0.6) is 0 Å². The number of oxime groups is 1. The van der Waals surface area contributed by atoms with Gasteiger partial charge < -0.3 is 5.21 Å². The Morgan fingerprint density at radius 2 is 2.10 bits per heavy atom. The molecule has 1 aromatic heterocycles. The van der Waals surface area contributed by atoms with Crippen molar-refractivity contribution in [3.63, 3.8) is 0 Å². The molecule has 1 N–H and O–H groups in total. The van der Waals surface area contributed by atoms with Gasteiger partial charge in [-0.15, -0.1) is 11.3 Å². The summed E-state index contributed by atoms with van der Waals surface area (Å²) < 4.78 is 14.0. The Morgan fingerprint density at radius 3 is 2.85 bits per heavy atom. The van der Waals surface area contributed by atoms with Crippen LogP contribution in [-0.4, -0.2) is 16.4 Å². The van der Waals surface area contributed by atoms with E-state index in [1.165, 1.54) is 29.7 Å². The number of hydrogen-bond donors (Lipinski definition) is 1. The maximum Gasteiger partial charge on any atom is 0.124 e. The van der Waals surface area contributed by atoms with Gasteiger partial charge in [-0.25, -0.2) is 9.37 Å². The summed E-state index contributed by atoms with van der Waals surface area (Å²) in [5.74, 6) is -0.278. The number of benzene rings is 2. The van der Waals surface area contributed by atoms with Crippen molar-refractivity contribution in [2.24, 2.45) is 5.16 Å². The highest BCUT2D eigenvalue weighted by atomic mass is 35.5. The second kappa shape index (κ2) is 5.19. The van der Waals surface area contributed by atoms with E-state index in [1.54, 1.807) is 18.2 Å². The van der Waals surface area contributed by atoms with Crippen LogP contribution >= 0.6 is 22.9 Å². The third-order valence-electron chi connectivity index (χ3n) is 2.79. The Labute approximate surface area is 123 Å². The first kappa shape index (κ1) is 13.0. The van der Waals surface area contributed by atoms with Crippen LogP contribution in [0.3, 0.4) is 0 Å². The van der Waals surface area contributed by atoms with Gasteiger partial charge in [0.25, 0.3) is 0 Å². The molecule has 3 aromatic rings. The van der Waals surface area contributed by atoms with Crippen molar-refractivity contribution in [3.05, 3.63) is 52.8 Å². The quantitative estimate of drug-likeness (QED) is 0.428. The molecule has 0 radical (unpaired) electrons. The van der Waals surface area contributed by atoms with Crippen LogP contribution in [0, 0.1) is 5.82 Å². The number of nitrogens with zero attached hydrogens (tertiary/aromatic N) is 2. The lowest BCUT2D eigenvalue weighted by molar-refractivity contribution is 0.322. The molecule has 3 rings (SSSR count). The van der Waals surface area contributed by atoms with Crippen molar-refractivity contribution in [1.82, 2.24) is 4.98 Å². The van der Waals surface area contributed by atoms with Crippen LogP contribution in [0.2, 0.25) is 5.02 Å². The van der Waals surface area contributed by atoms with Gasteiger partial charge in [-0.1, -0.05) is 28.9 Å². The fourth-order valence-electron chi connectivity index (χ4n) is 1.85. The van der Waals surface area contributed by atoms with Gasteiger partial charge in [-0.2, -0.15) is 0 Å². The average Bonchev–Trinajstić information content (AvgIpc) is 2.84. The molecule has 0 spiro atoms. The molecule has 20 heavy (non-hydrogen) atoms. The molecular weight excluding hydrogens is 299 g/mol. The molecule has 0 unspecified atom stereocenters. The second-order valence-electron chi connectivity index (χ2n) is 4.11. The number of fused-ring (bicyclic) bond motifs is 1. The van der Waals surface area contributed by atoms with Gasteiger partial charge in [0.05, 0.1) is 21.5 Å². The van der Waals surface area contributed by atoms with Crippen LogP contribution in [0.4, 0.5) is 4.39 Å². The van der Waals surface area contributed by atoms with E-state index in [4.69, 9.17) is 16.8 Å². The maximum absolute atomic E-state index is 13.2. The normalized spacial score (nSPS) is 11.5. The maximum atomic E-state index is 13.2. The summed E-state index contributed by atoms with van der Waals surface area (Å²) in [4.78, 5) is 4.45. The molecule has 0 saturated heterocycles. The summed E-state index contributed by atoms with van der Waals surface area (Å²) in [6.07, 6.45) is 1.26. The Morgan fingerprint density at radius 1 is 1.25 bits per heavy atom. The first-order valence-electron chi connectivity index (χ1n) is 5.71. The fraction of sp³-hybridized carbons (Fsp3) is 0. The third kappa shape index (κ3) is 2.37. The first-order valence-corrected chi connectivity index (χ1v) is 6.90. The third-order valence-corrected chi connectivity index (χ3v) is 4.19. The standard InChI is InChI=1S/C14H8ClFN2OS/c15-11-5-8(1-2-9(11)7-17-19)14-18-12-4-3-10(16)6-13(12)20-14/h1-7,19H/b17-7-. The molecule has 0 atom stereocenters. The molecule has 100 valence electrons. The second-order valence-corrected chi connectivity index (χ2v) is 5.55. The highest BCUT2D eigenvalue weighted by Crippen LogP contribution is 2.32. The predicted molar refractivity (Wildman–Crippen MR) is 79.4 cm³/mol. The van der Waals surface area contributed by atoms with Gasteiger partial charge >= 0.3 is 0 Å². The SMILES string of the molecule is O/N=C\c1ccc(-c2nc3ccc(F)cc3s2)cc1Cl. The fourth-order valence-corrected chi connectivity index (χ4v) is 3.07. The highest BCUT2D eigenvalue weighted by molar-refractivity contribution is 7.21. The van der Waals surface area contributed by atoms with Crippen LogP contribution in [0.25, 0.3) is 20.8 Å². The van der Waals surface area contributed by atoms with Crippen LogP contribution in [-0.2, 0) is 0 Å². The number of hydrogen-bond acceptors (Lipinski definition) is 4. The van der Waals surface area contributed by atoms with Crippen molar-refractivity contribution in [2.45, 2.75) is 0 Å². The molecule has 0 bridgehead atoms. The van der Waals surface area contributed by atoms with Gasteiger partial charge in [0.1, 0.15) is 10.8 Å². The van der Waals surface area contributed by atoms with Crippen molar-refractivity contribution in [3.8, 4) is 10.6 Å². The zero-order valence-corrected chi connectivity index (χ0v) is 11.6. The summed E-state index contributed by atoms with van der Waals surface area (Å²) in [5, 5.41) is 12.7. The molecule has 0 fully saturated rings. The summed E-state index contributed by atoms with van der Waals surface area (Å²) in [7, 11) is 0. The number of rotatable bonds is 2. The van der Waals surface area contributed by atoms with Crippen LogP contribution < -0.4 is 0 Å². The summed E-state index contributed by atoms with van der Waals surface area (Å²) in [6, 6.07) is 9.82. The number of aromatic nitrogens is 1. The van der Waals surface area contributed by atoms with Gasteiger partial charge in [0.15, 0.2) is 0 Å². The molecule has 6 heteroatoms. The van der Waals surface area contributed by atoms with E-state index in [1.807, 2.05) is 6.07 Å². The lowest BCUT2D eigenvalue weighted by atomic mass is 10.1. The zero-order chi connectivity index (χ0) is 14.1. The van der Waals surface area contributed by atoms with Crippen molar-refractivity contribution >= 4 is 39.4 Å². The minimum absolute atomic E-state index is 0.278. The molecule has 0 aliphatic rings. The Kier molecular flexibility index (Phi) is 3.38. The van der Waals surface area contributed by atoms with Gasteiger partial charge in [-0.3, -0.25) is 0 Å². The predicted octanol–water partition coefficient (Wildman–Crippen LogP) is 4.56. The molecule has 1 heterocycles. The van der Waals surface area contributed by atoms with E-state index in [-0.39, 0.29) is 5.82 Å². The van der Waals surface area contributed by atoms with Crippen molar-refractivity contribution in [1.29, 1.82) is 0 Å². The van der Waals surface area contributed by atoms with Crippen LogP contribution in [0.15, 0.2) is 41.6 Å². The molecule has 0 amide bonds. The molecule has 3 nitrogen and oxygen atoms in total. The topological polar surface area (TPSA) is 45.5 Å². The smallest absolute Gasteiger partial charge is 0.124 e. The van der Waals surface area contributed by atoms with E-state index in [0.29, 0.717) is 10.6 Å². The molecule has 2 aromatic carbocycles. The summed E-state index contributed by atoms with van der Waals surface area (Å²) >= 11 is 7.50. The lowest BCUT2D eigenvalue weighted by Crippen LogP contribution is -1.84. The Balaban J connectivity index is 2.08. The van der Waals surface area contributed by atoms with E-state index in [9.17, 15) is 4.39 Å². The monoisotopic (exact) mass is 306 g/mol. The number of thiazole rings is 1. The number of halogens is 2. The summed E-state index contributed by atoms with van der Waals surface area (Å²) in [6.45, 7) is 0.